The van der Waals surface area contributed by atoms with Crippen molar-refractivity contribution < 1.29 is 14.3 Å². The maximum absolute atomic E-state index is 12.6. The van der Waals surface area contributed by atoms with Gasteiger partial charge in [0.1, 0.15) is 5.75 Å². The number of anilines is 2. The van der Waals surface area contributed by atoms with Crippen LogP contribution in [-0.2, 0) is 11.2 Å². The lowest BCUT2D eigenvalue weighted by atomic mass is 10.0. The Bertz CT molecular complexity index is 1230. The van der Waals surface area contributed by atoms with E-state index in [0.29, 0.717) is 22.7 Å². The first-order valence-electron chi connectivity index (χ1n) is 9.94. The highest BCUT2D eigenvalue weighted by atomic mass is 16.5. The summed E-state index contributed by atoms with van der Waals surface area (Å²) >= 11 is 0. The maximum atomic E-state index is 12.6. The second-order valence-corrected chi connectivity index (χ2v) is 7.13. The summed E-state index contributed by atoms with van der Waals surface area (Å²) in [6.45, 7) is 0. The zero-order valence-corrected chi connectivity index (χ0v) is 17.1. The van der Waals surface area contributed by atoms with Crippen molar-refractivity contribution in [3.8, 4) is 5.75 Å². The molecule has 0 heterocycles. The van der Waals surface area contributed by atoms with E-state index in [0.717, 1.165) is 16.3 Å². The maximum Gasteiger partial charge on any atom is 0.255 e. The van der Waals surface area contributed by atoms with Gasteiger partial charge >= 0.3 is 0 Å². The summed E-state index contributed by atoms with van der Waals surface area (Å²) < 4.78 is 5.12. The van der Waals surface area contributed by atoms with Gasteiger partial charge in [-0.3, -0.25) is 9.59 Å². The number of hydrogen-bond acceptors (Lipinski definition) is 3. The Hall–Kier alpha value is -4.12. The number of methoxy groups -OCH3 is 1. The quantitative estimate of drug-likeness (QED) is 0.454. The van der Waals surface area contributed by atoms with Crippen molar-refractivity contribution >= 4 is 34.0 Å². The van der Waals surface area contributed by atoms with Gasteiger partial charge in [0, 0.05) is 16.9 Å². The van der Waals surface area contributed by atoms with Crippen LogP contribution < -0.4 is 15.4 Å². The van der Waals surface area contributed by atoms with E-state index in [2.05, 4.69) is 10.6 Å². The molecule has 2 amide bonds. The molecule has 0 aliphatic rings. The van der Waals surface area contributed by atoms with E-state index in [-0.39, 0.29) is 18.2 Å². The topological polar surface area (TPSA) is 67.4 Å². The van der Waals surface area contributed by atoms with E-state index in [4.69, 9.17) is 4.74 Å². The highest BCUT2D eigenvalue weighted by Gasteiger charge is 2.10. The largest absolute Gasteiger partial charge is 0.497 e. The lowest BCUT2D eigenvalue weighted by Gasteiger charge is -2.10. The third-order valence-corrected chi connectivity index (χ3v) is 4.99. The molecule has 4 aromatic rings. The molecular weight excluding hydrogens is 388 g/mol. The van der Waals surface area contributed by atoms with Crippen LogP contribution in [0.4, 0.5) is 11.4 Å². The van der Waals surface area contributed by atoms with Gasteiger partial charge in [-0.15, -0.1) is 0 Å². The minimum atomic E-state index is -0.254. The van der Waals surface area contributed by atoms with Gasteiger partial charge in [0.2, 0.25) is 5.91 Å². The lowest BCUT2D eigenvalue weighted by Crippen LogP contribution is -2.16. The molecule has 0 aromatic heterocycles. The molecule has 2 N–H and O–H groups in total. The average molecular weight is 410 g/mol. The average Bonchev–Trinajstić information content (AvgIpc) is 2.80. The smallest absolute Gasteiger partial charge is 0.255 e. The van der Waals surface area contributed by atoms with Gasteiger partial charge in [0.15, 0.2) is 0 Å². The standard InChI is InChI=1S/C26H22N2O3/c1-31-23-14-12-21(13-15-23)28-26(30)20-9-5-10-22(16-20)27-25(29)17-19-8-4-7-18-6-2-3-11-24(18)19/h2-16H,17H2,1H3,(H,27,29)(H,28,30). The number of hydrogen-bond donors (Lipinski definition) is 2. The fourth-order valence-electron chi connectivity index (χ4n) is 3.44. The minimum Gasteiger partial charge on any atom is -0.497 e. The third-order valence-electron chi connectivity index (χ3n) is 4.99. The Balaban J connectivity index is 1.43. The molecule has 0 aliphatic carbocycles. The van der Waals surface area contributed by atoms with Crippen molar-refractivity contribution in [3.05, 3.63) is 102 Å². The first kappa shape index (κ1) is 20.2. The van der Waals surface area contributed by atoms with Crippen LogP contribution in [0.15, 0.2) is 91.0 Å². The number of carbonyl (C=O) groups excluding carboxylic acids is 2. The number of ether oxygens (including phenoxy) is 1. The van der Waals surface area contributed by atoms with Gasteiger partial charge in [0.25, 0.3) is 5.91 Å². The van der Waals surface area contributed by atoms with Crippen LogP contribution in [0.2, 0.25) is 0 Å². The zero-order chi connectivity index (χ0) is 21.6. The summed E-state index contributed by atoms with van der Waals surface area (Å²) in [5.41, 5.74) is 2.66. The van der Waals surface area contributed by atoms with E-state index in [9.17, 15) is 9.59 Å². The Morgan fingerprint density at radius 3 is 2.32 bits per heavy atom. The number of amides is 2. The third kappa shape index (κ3) is 4.90. The molecule has 31 heavy (non-hydrogen) atoms. The number of benzene rings is 4. The van der Waals surface area contributed by atoms with E-state index >= 15 is 0 Å². The van der Waals surface area contributed by atoms with Gasteiger partial charge in [-0.2, -0.15) is 0 Å². The molecule has 4 rings (SSSR count). The summed E-state index contributed by atoms with van der Waals surface area (Å²) in [7, 11) is 1.59. The van der Waals surface area contributed by atoms with Crippen LogP contribution in [0.5, 0.6) is 5.75 Å². The fraction of sp³-hybridized carbons (Fsp3) is 0.0769. The molecule has 5 nitrogen and oxygen atoms in total. The molecule has 0 radical (unpaired) electrons. The van der Waals surface area contributed by atoms with Gasteiger partial charge in [-0.1, -0.05) is 48.5 Å². The van der Waals surface area contributed by atoms with Gasteiger partial charge in [-0.25, -0.2) is 0 Å². The van der Waals surface area contributed by atoms with Crippen LogP contribution in [0, 0.1) is 0 Å². The van der Waals surface area contributed by atoms with E-state index in [1.54, 1.807) is 55.6 Å². The lowest BCUT2D eigenvalue weighted by molar-refractivity contribution is -0.115. The Kier molecular flexibility index (Phi) is 5.94. The second kappa shape index (κ2) is 9.13. The Morgan fingerprint density at radius 1 is 0.774 bits per heavy atom. The van der Waals surface area contributed by atoms with Gasteiger partial charge in [-0.05, 0) is 58.8 Å². The molecule has 0 unspecified atom stereocenters. The molecule has 4 aromatic carbocycles. The van der Waals surface area contributed by atoms with Crippen LogP contribution in [0.3, 0.4) is 0 Å². The summed E-state index contributed by atoms with van der Waals surface area (Å²) in [5.74, 6) is 0.327. The molecule has 0 spiro atoms. The molecule has 0 fully saturated rings. The number of nitrogens with one attached hydrogen (secondary N) is 2. The number of fused-ring (bicyclic) bond motifs is 1. The highest BCUT2D eigenvalue weighted by molar-refractivity contribution is 6.05. The normalized spacial score (nSPS) is 10.5. The molecule has 0 saturated heterocycles. The predicted molar refractivity (Wildman–Crippen MR) is 124 cm³/mol. The summed E-state index contributed by atoms with van der Waals surface area (Å²) in [4.78, 5) is 25.2. The molecule has 5 heteroatoms. The summed E-state index contributed by atoms with van der Waals surface area (Å²) in [5, 5.41) is 7.90. The van der Waals surface area contributed by atoms with Gasteiger partial charge < -0.3 is 15.4 Å². The van der Waals surface area contributed by atoms with Crippen molar-refractivity contribution in [2.45, 2.75) is 6.42 Å². The van der Waals surface area contributed by atoms with Crippen molar-refractivity contribution in [3.63, 3.8) is 0 Å². The summed E-state index contributed by atoms with van der Waals surface area (Å²) in [6.07, 6.45) is 0.254. The van der Waals surface area contributed by atoms with E-state index < -0.39 is 0 Å². The zero-order valence-electron chi connectivity index (χ0n) is 17.1. The van der Waals surface area contributed by atoms with Crippen LogP contribution in [0.25, 0.3) is 10.8 Å². The Morgan fingerprint density at radius 2 is 1.52 bits per heavy atom. The highest BCUT2D eigenvalue weighted by Crippen LogP contribution is 2.20. The SMILES string of the molecule is COc1ccc(NC(=O)c2cccc(NC(=O)Cc3cccc4ccccc34)c2)cc1. The molecule has 0 bridgehead atoms. The molecule has 0 atom stereocenters. The summed E-state index contributed by atoms with van der Waals surface area (Å²) in [6, 6.07) is 27.9. The molecule has 0 aliphatic heterocycles. The molecule has 154 valence electrons. The van der Waals surface area contributed by atoms with E-state index in [1.165, 1.54) is 0 Å². The van der Waals surface area contributed by atoms with Crippen LogP contribution >= 0.6 is 0 Å². The van der Waals surface area contributed by atoms with Crippen molar-refractivity contribution in [2.75, 3.05) is 17.7 Å². The Labute approximate surface area is 180 Å². The van der Waals surface area contributed by atoms with Gasteiger partial charge in [0.05, 0.1) is 13.5 Å². The van der Waals surface area contributed by atoms with Crippen molar-refractivity contribution in [1.29, 1.82) is 0 Å². The van der Waals surface area contributed by atoms with E-state index in [1.807, 2.05) is 42.5 Å². The van der Waals surface area contributed by atoms with Crippen molar-refractivity contribution in [2.24, 2.45) is 0 Å². The number of rotatable bonds is 6. The first-order chi connectivity index (χ1) is 15.1. The predicted octanol–water partition coefficient (Wildman–Crippen LogP) is 5.28. The number of carbonyl (C=O) groups is 2. The minimum absolute atomic E-state index is 0.135. The molecule has 0 saturated carbocycles. The second-order valence-electron chi connectivity index (χ2n) is 7.13. The van der Waals surface area contributed by atoms with Crippen LogP contribution in [0.1, 0.15) is 15.9 Å². The monoisotopic (exact) mass is 410 g/mol. The first-order valence-corrected chi connectivity index (χ1v) is 9.94. The fourth-order valence-corrected chi connectivity index (χ4v) is 3.44. The van der Waals surface area contributed by atoms with Crippen LogP contribution in [-0.4, -0.2) is 18.9 Å². The molecular formula is C26H22N2O3. The van der Waals surface area contributed by atoms with Crippen molar-refractivity contribution in [1.82, 2.24) is 0 Å².